The summed E-state index contributed by atoms with van der Waals surface area (Å²) in [6, 6.07) is -0.392. The molecule has 0 aliphatic rings. The van der Waals surface area contributed by atoms with Gasteiger partial charge in [0.2, 0.25) is 5.91 Å². The largest absolute Gasteiger partial charge is 0.381 e. The van der Waals surface area contributed by atoms with Crippen LogP contribution in [0.2, 0.25) is 0 Å². The summed E-state index contributed by atoms with van der Waals surface area (Å²) in [4.78, 5) is 11.6. The molecule has 3 N–H and O–H groups in total. The van der Waals surface area contributed by atoms with Crippen molar-refractivity contribution in [3.8, 4) is 0 Å². The van der Waals surface area contributed by atoms with Crippen LogP contribution in [-0.2, 0) is 9.53 Å². The number of ether oxygens (including phenoxy) is 1. The molecule has 0 aromatic heterocycles. The van der Waals surface area contributed by atoms with Crippen LogP contribution in [0.1, 0.15) is 40.5 Å². The Morgan fingerprint density at radius 3 is 2.53 bits per heavy atom. The van der Waals surface area contributed by atoms with Crippen molar-refractivity contribution in [2.24, 2.45) is 17.6 Å². The normalized spacial score (nSPS) is 14.7. The Labute approximate surface area is 105 Å². The quantitative estimate of drug-likeness (QED) is 0.605. The first kappa shape index (κ1) is 16.4. The fraction of sp³-hybridized carbons (Fsp3) is 0.923. The fourth-order valence-electron chi connectivity index (χ4n) is 1.34. The second-order valence-corrected chi connectivity index (χ2v) is 5.02. The first-order chi connectivity index (χ1) is 7.99. The average Bonchev–Trinajstić information content (AvgIpc) is 2.30. The van der Waals surface area contributed by atoms with E-state index in [1.807, 2.05) is 13.8 Å². The molecule has 0 aliphatic carbocycles. The Balaban J connectivity index is 3.51. The topological polar surface area (TPSA) is 64.4 Å². The standard InChI is InChI=1S/C13H28N2O2/c1-5-11(4)12(14)13(16)15-7-6-8-17-9-10(2)3/h10-12H,5-9,14H2,1-4H3,(H,15,16)/t11-,12-/m0/s1. The third kappa shape index (κ3) is 8.16. The Bertz CT molecular complexity index is 208. The van der Waals surface area contributed by atoms with Crippen LogP contribution in [0.5, 0.6) is 0 Å². The number of nitrogens with two attached hydrogens (primary N) is 1. The van der Waals surface area contributed by atoms with E-state index in [2.05, 4.69) is 19.2 Å². The molecule has 0 bridgehead atoms. The van der Waals surface area contributed by atoms with E-state index in [0.29, 0.717) is 19.1 Å². The minimum atomic E-state index is -0.392. The van der Waals surface area contributed by atoms with E-state index >= 15 is 0 Å². The zero-order valence-corrected chi connectivity index (χ0v) is 11.7. The monoisotopic (exact) mass is 244 g/mol. The molecule has 4 heteroatoms. The molecule has 2 atom stereocenters. The summed E-state index contributed by atoms with van der Waals surface area (Å²) in [5, 5.41) is 2.84. The summed E-state index contributed by atoms with van der Waals surface area (Å²) >= 11 is 0. The average molecular weight is 244 g/mol. The minimum Gasteiger partial charge on any atom is -0.381 e. The molecule has 0 aliphatic heterocycles. The number of carbonyl (C=O) groups is 1. The van der Waals surface area contributed by atoms with Gasteiger partial charge >= 0.3 is 0 Å². The molecule has 0 radical (unpaired) electrons. The van der Waals surface area contributed by atoms with E-state index in [0.717, 1.165) is 19.4 Å². The van der Waals surface area contributed by atoms with Gasteiger partial charge in [-0.1, -0.05) is 34.1 Å². The van der Waals surface area contributed by atoms with Gasteiger partial charge in [-0.15, -0.1) is 0 Å². The Morgan fingerprint density at radius 1 is 1.35 bits per heavy atom. The molecular formula is C13H28N2O2. The smallest absolute Gasteiger partial charge is 0.237 e. The van der Waals surface area contributed by atoms with Gasteiger partial charge in [0.05, 0.1) is 6.04 Å². The fourth-order valence-corrected chi connectivity index (χ4v) is 1.34. The van der Waals surface area contributed by atoms with Crippen LogP contribution < -0.4 is 11.1 Å². The number of nitrogens with one attached hydrogen (secondary N) is 1. The Kier molecular flexibility index (Phi) is 9.09. The lowest BCUT2D eigenvalue weighted by Crippen LogP contribution is -2.45. The van der Waals surface area contributed by atoms with Crippen molar-refractivity contribution in [1.29, 1.82) is 0 Å². The molecule has 0 aromatic carbocycles. The third-order valence-corrected chi connectivity index (χ3v) is 2.78. The highest BCUT2D eigenvalue weighted by molar-refractivity contribution is 5.81. The zero-order valence-electron chi connectivity index (χ0n) is 11.7. The lowest BCUT2D eigenvalue weighted by atomic mass is 9.99. The lowest BCUT2D eigenvalue weighted by molar-refractivity contribution is -0.123. The van der Waals surface area contributed by atoms with Crippen molar-refractivity contribution in [2.45, 2.75) is 46.6 Å². The molecule has 17 heavy (non-hydrogen) atoms. The van der Waals surface area contributed by atoms with Crippen molar-refractivity contribution in [1.82, 2.24) is 5.32 Å². The molecule has 0 rings (SSSR count). The minimum absolute atomic E-state index is 0.0526. The van der Waals surface area contributed by atoms with Gasteiger partial charge in [-0.2, -0.15) is 0 Å². The number of hydrogen-bond acceptors (Lipinski definition) is 3. The van der Waals surface area contributed by atoms with E-state index in [4.69, 9.17) is 10.5 Å². The second-order valence-electron chi connectivity index (χ2n) is 5.02. The van der Waals surface area contributed by atoms with E-state index in [9.17, 15) is 4.79 Å². The van der Waals surface area contributed by atoms with Gasteiger partial charge in [0.1, 0.15) is 0 Å². The zero-order chi connectivity index (χ0) is 13.3. The number of hydrogen-bond donors (Lipinski definition) is 2. The SMILES string of the molecule is CC[C@H](C)[C@H](N)C(=O)NCCCOCC(C)C. The summed E-state index contributed by atoms with van der Waals surface area (Å²) in [5.74, 6) is 0.735. The van der Waals surface area contributed by atoms with Gasteiger partial charge in [0.15, 0.2) is 0 Å². The predicted octanol–water partition coefficient (Wildman–Crippen LogP) is 1.54. The number of rotatable bonds is 9. The molecule has 0 saturated heterocycles. The van der Waals surface area contributed by atoms with Crippen molar-refractivity contribution >= 4 is 5.91 Å². The number of carbonyl (C=O) groups excluding carboxylic acids is 1. The molecule has 0 aromatic rings. The van der Waals surface area contributed by atoms with Crippen LogP contribution in [0.4, 0.5) is 0 Å². The van der Waals surface area contributed by atoms with Crippen LogP contribution in [0.3, 0.4) is 0 Å². The van der Waals surface area contributed by atoms with Gasteiger partial charge in [-0.25, -0.2) is 0 Å². The van der Waals surface area contributed by atoms with Crippen LogP contribution in [-0.4, -0.2) is 31.7 Å². The van der Waals surface area contributed by atoms with Crippen LogP contribution in [0.25, 0.3) is 0 Å². The van der Waals surface area contributed by atoms with Crippen molar-refractivity contribution < 1.29 is 9.53 Å². The first-order valence-electron chi connectivity index (χ1n) is 6.60. The van der Waals surface area contributed by atoms with Crippen LogP contribution in [0, 0.1) is 11.8 Å². The summed E-state index contributed by atoms with van der Waals surface area (Å²) in [6.07, 6.45) is 1.76. The summed E-state index contributed by atoms with van der Waals surface area (Å²) in [7, 11) is 0. The molecule has 0 spiro atoms. The van der Waals surface area contributed by atoms with Gasteiger partial charge in [0, 0.05) is 19.8 Å². The molecule has 0 saturated carbocycles. The van der Waals surface area contributed by atoms with Crippen molar-refractivity contribution in [2.75, 3.05) is 19.8 Å². The predicted molar refractivity (Wildman–Crippen MR) is 70.7 cm³/mol. The maximum absolute atomic E-state index is 11.6. The van der Waals surface area contributed by atoms with Gasteiger partial charge in [-0.3, -0.25) is 4.79 Å². The molecule has 4 nitrogen and oxygen atoms in total. The highest BCUT2D eigenvalue weighted by Crippen LogP contribution is 2.04. The Hall–Kier alpha value is -0.610. The van der Waals surface area contributed by atoms with Gasteiger partial charge < -0.3 is 15.8 Å². The molecule has 0 unspecified atom stereocenters. The molecule has 0 heterocycles. The maximum atomic E-state index is 11.6. The molecular weight excluding hydrogens is 216 g/mol. The summed E-state index contributed by atoms with van der Waals surface area (Å²) in [5.41, 5.74) is 5.81. The highest BCUT2D eigenvalue weighted by atomic mass is 16.5. The van der Waals surface area contributed by atoms with Crippen LogP contribution in [0.15, 0.2) is 0 Å². The lowest BCUT2D eigenvalue weighted by Gasteiger charge is -2.17. The molecule has 0 fully saturated rings. The van der Waals surface area contributed by atoms with Gasteiger partial charge in [0.25, 0.3) is 0 Å². The third-order valence-electron chi connectivity index (χ3n) is 2.78. The van der Waals surface area contributed by atoms with E-state index in [1.54, 1.807) is 0 Å². The summed E-state index contributed by atoms with van der Waals surface area (Å²) < 4.78 is 5.42. The van der Waals surface area contributed by atoms with Gasteiger partial charge in [-0.05, 0) is 18.3 Å². The summed E-state index contributed by atoms with van der Waals surface area (Å²) in [6.45, 7) is 10.4. The highest BCUT2D eigenvalue weighted by Gasteiger charge is 2.18. The second kappa shape index (κ2) is 9.42. The van der Waals surface area contributed by atoms with Crippen LogP contribution >= 0.6 is 0 Å². The van der Waals surface area contributed by atoms with E-state index in [1.165, 1.54) is 0 Å². The Morgan fingerprint density at radius 2 is 2.00 bits per heavy atom. The first-order valence-corrected chi connectivity index (χ1v) is 6.60. The van der Waals surface area contributed by atoms with Crippen molar-refractivity contribution in [3.63, 3.8) is 0 Å². The van der Waals surface area contributed by atoms with E-state index < -0.39 is 6.04 Å². The molecule has 1 amide bonds. The number of amides is 1. The van der Waals surface area contributed by atoms with Crippen molar-refractivity contribution in [3.05, 3.63) is 0 Å². The van der Waals surface area contributed by atoms with E-state index in [-0.39, 0.29) is 11.8 Å². The maximum Gasteiger partial charge on any atom is 0.237 e. The molecule has 102 valence electrons.